The van der Waals surface area contributed by atoms with Gasteiger partial charge in [-0.3, -0.25) is 4.79 Å². The average Bonchev–Trinajstić information content (AvgIpc) is 2.49. The van der Waals surface area contributed by atoms with Crippen LogP contribution in [0, 0.1) is 0 Å². The van der Waals surface area contributed by atoms with Gasteiger partial charge in [0.25, 0.3) is 5.91 Å². The lowest BCUT2D eigenvalue weighted by molar-refractivity contribution is 0.0696. The van der Waals surface area contributed by atoms with Gasteiger partial charge >= 0.3 is 5.97 Å². The number of nitrogens with one attached hydrogen (secondary N) is 1. The number of benzene rings is 2. The smallest absolute Gasteiger partial charge is 0.335 e. The van der Waals surface area contributed by atoms with Crippen LogP contribution in [0.15, 0.2) is 36.4 Å². The highest BCUT2D eigenvalue weighted by molar-refractivity contribution is 6.06. The highest BCUT2D eigenvalue weighted by atomic mass is 16.4. The SMILES string of the molecule is CC(C)(C)c1ccc(O)c(NC(=O)c2ccc(C(=O)O)cc2)c1O. The minimum atomic E-state index is -1.09. The molecule has 2 aromatic carbocycles. The van der Waals surface area contributed by atoms with Gasteiger partial charge in [-0.1, -0.05) is 26.8 Å². The van der Waals surface area contributed by atoms with E-state index in [-0.39, 0.29) is 33.7 Å². The maximum Gasteiger partial charge on any atom is 0.335 e. The van der Waals surface area contributed by atoms with Gasteiger partial charge in [-0.2, -0.15) is 0 Å². The zero-order valence-electron chi connectivity index (χ0n) is 13.6. The molecule has 0 aromatic heterocycles. The minimum Gasteiger partial charge on any atom is -0.506 e. The normalized spacial score (nSPS) is 11.1. The maximum absolute atomic E-state index is 12.3. The third-order valence-electron chi connectivity index (χ3n) is 3.60. The monoisotopic (exact) mass is 329 g/mol. The molecule has 0 aliphatic carbocycles. The highest BCUT2D eigenvalue weighted by Crippen LogP contribution is 2.41. The second-order valence-corrected chi connectivity index (χ2v) is 6.44. The van der Waals surface area contributed by atoms with Crippen LogP contribution < -0.4 is 5.32 Å². The second kappa shape index (κ2) is 6.23. The van der Waals surface area contributed by atoms with Crippen LogP contribution in [0.5, 0.6) is 11.5 Å². The van der Waals surface area contributed by atoms with Crippen molar-refractivity contribution in [2.45, 2.75) is 26.2 Å². The number of hydrogen-bond acceptors (Lipinski definition) is 4. The molecule has 126 valence electrons. The first-order valence-electron chi connectivity index (χ1n) is 7.31. The van der Waals surface area contributed by atoms with Crippen LogP contribution in [0.1, 0.15) is 47.1 Å². The lowest BCUT2D eigenvalue weighted by Crippen LogP contribution is -2.15. The van der Waals surface area contributed by atoms with E-state index in [1.807, 2.05) is 20.8 Å². The van der Waals surface area contributed by atoms with Gasteiger partial charge in [0, 0.05) is 11.1 Å². The number of carboxylic acids is 1. The molecule has 2 aromatic rings. The largest absolute Gasteiger partial charge is 0.506 e. The molecular formula is C18H19NO5. The first-order chi connectivity index (χ1) is 11.1. The Bertz CT molecular complexity index is 788. The Balaban J connectivity index is 2.33. The Hall–Kier alpha value is -3.02. The zero-order chi connectivity index (χ0) is 18.1. The lowest BCUT2D eigenvalue weighted by atomic mass is 9.86. The van der Waals surface area contributed by atoms with Gasteiger partial charge in [0.05, 0.1) is 5.56 Å². The number of anilines is 1. The fourth-order valence-corrected chi connectivity index (χ4v) is 2.26. The summed E-state index contributed by atoms with van der Waals surface area (Å²) in [5, 5.41) is 31.6. The predicted octanol–water partition coefficient (Wildman–Crippen LogP) is 3.35. The molecule has 0 heterocycles. The van der Waals surface area contributed by atoms with Gasteiger partial charge in [-0.05, 0) is 35.7 Å². The Morgan fingerprint density at radius 3 is 1.96 bits per heavy atom. The number of hydrogen-bond donors (Lipinski definition) is 4. The van der Waals surface area contributed by atoms with E-state index in [2.05, 4.69) is 5.32 Å². The molecular weight excluding hydrogens is 310 g/mol. The molecule has 6 nitrogen and oxygen atoms in total. The van der Waals surface area contributed by atoms with Crippen molar-refractivity contribution in [1.29, 1.82) is 0 Å². The maximum atomic E-state index is 12.3. The molecule has 0 fully saturated rings. The fraction of sp³-hybridized carbons (Fsp3) is 0.222. The topological polar surface area (TPSA) is 107 Å². The second-order valence-electron chi connectivity index (χ2n) is 6.44. The van der Waals surface area contributed by atoms with Gasteiger partial charge in [0.1, 0.15) is 17.2 Å². The van der Waals surface area contributed by atoms with E-state index in [1.165, 1.54) is 30.3 Å². The van der Waals surface area contributed by atoms with Gasteiger partial charge < -0.3 is 20.6 Å². The van der Waals surface area contributed by atoms with Crippen LogP contribution in [0.3, 0.4) is 0 Å². The third kappa shape index (κ3) is 3.48. The zero-order valence-corrected chi connectivity index (χ0v) is 13.6. The van der Waals surface area contributed by atoms with Gasteiger partial charge in [0.15, 0.2) is 0 Å². The third-order valence-corrected chi connectivity index (χ3v) is 3.60. The van der Waals surface area contributed by atoms with Crippen LogP contribution in [0.25, 0.3) is 0 Å². The molecule has 24 heavy (non-hydrogen) atoms. The number of phenolic OH excluding ortho intramolecular Hbond substituents is 2. The molecule has 0 unspecified atom stereocenters. The predicted molar refractivity (Wildman–Crippen MR) is 89.8 cm³/mol. The summed E-state index contributed by atoms with van der Waals surface area (Å²) in [6, 6.07) is 8.34. The van der Waals surface area contributed by atoms with Gasteiger partial charge in [-0.25, -0.2) is 4.79 Å². The van der Waals surface area contributed by atoms with Gasteiger partial charge in [-0.15, -0.1) is 0 Å². The summed E-state index contributed by atoms with van der Waals surface area (Å²) in [5.41, 5.74) is 0.402. The van der Waals surface area contributed by atoms with Gasteiger partial charge in [0.2, 0.25) is 0 Å². The Morgan fingerprint density at radius 2 is 1.46 bits per heavy atom. The summed E-state index contributed by atoms with van der Waals surface area (Å²) in [6.07, 6.45) is 0. The molecule has 0 aliphatic rings. The summed E-state index contributed by atoms with van der Waals surface area (Å²) >= 11 is 0. The molecule has 4 N–H and O–H groups in total. The van der Waals surface area contributed by atoms with Crippen molar-refractivity contribution >= 4 is 17.6 Å². The molecule has 0 aliphatic heterocycles. The van der Waals surface area contributed by atoms with Crippen LogP contribution in [0.2, 0.25) is 0 Å². The van der Waals surface area contributed by atoms with Crippen molar-refractivity contribution in [2.75, 3.05) is 5.32 Å². The van der Waals surface area contributed by atoms with Crippen LogP contribution in [0.4, 0.5) is 5.69 Å². The Morgan fingerprint density at radius 1 is 0.917 bits per heavy atom. The lowest BCUT2D eigenvalue weighted by Gasteiger charge is -2.22. The molecule has 0 radical (unpaired) electrons. The molecule has 6 heteroatoms. The number of carbonyl (C=O) groups excluding carboxylic acids is 1. The summed E-state index contributed by atoms with van der Waals surface area (Å²) < 4.78 is 0. The first-order valence-corrected chi connectivity index (χ1v) is 7.31. The summed E-state index contributed by atoms with van der Waals surface area (Å²) in [7, 11) is 0. The van der Waals surface area contributed by atoms with Crippen molar-refractivity contribution in [1.82, 2.24) is 0 Å². The molecule has 0 saturated heterocycles. The molecule has 0 bridgehead atoms. The number of aromatic hydroxyl groups is 2. The highest BCUT2D eigenvalue weighted by Gasteiger charge is 2.23. The van der Waals surface area contributed by atoms with Crippen molar-refractivity contribution in [3.63, 3.8) is 0 Å². The standard InChI is InChI=1S/C18H19NO5/c1-18(2,3)12-8-9-13(20)14(15(12)21)19-16(22)10-4-6-11(7-5-10)17(23)24/h4-9,20-21H,1-3H3,(H,19,22)(H,23,24). The molecule has 0 saturated carbocycles. The van der Waals surface area contributed by atoms with E-state index in [0.717, 1.165) is 0 Å². The van der Waals surface area contributed by atoms with Crippen LogP contribution in [-0.4, -0.2) is 27.2 Å². The minimum absolute atomic E-state index is 0.0620. The molecule has 0 atom stereocenters. The fourth-order valence-electron chi connectivity index (χ4n) is 2.26. The number of carboxylic acid groups (broad SMARTS) is 1. The van der Waals surface area contributed by atoms with E-state index >= 15 is 0 Å². The van der Waals surface area contributed by atoms with Crippen LogP contribution in [-0.2, 0) is 5.41 Å². The first kappa shape index (κ1) is 17.3. The Kier molecular flexibility index (Phi) is 4.50. The number of rotatable bonds is 3. The number of phenols is 2. The summed E-state index contributed by atoms with van der Waals surface area (Å²) in [6.45, 7) is 5.69. The number of amides is 1. The molecule has 1 amide bonds. The number of carbonyl (C=O) groups is 2. The van der Waals surface area contributed by atoms with Crippen molar-refractivity contribution in [2.24, 2.45) is 0 Å². The summed E-state index contributed by atoms with van der Waals surface area (Å²) in [5.74, 6) is -2.10. The van der Waals surface area contributed by atoms with E-state index in [1.54, 1.807) is 6.07 Å². The Labute approximate surface area is 139 Å². The van der Waals surface area contributed by atoms with E-state index in [4.69, 9.17) is 5.11 Å². The van der Waals surface area contributed by atoms with Crippen molar-refractivity contribution < 1.29 is 24.9 Å². The van der Waals surface area contributed by atoms with Crippen molar-refractivity contribution in [3.05, 3.63) is 53.1 Å². The number of aromatic carboxylic acids is 1. The molecule has 2 rings (SSSR count). The van der Waals surface area contributed by atoms with E-state index in [9.17, 15) is 19.8 Å². The average molecular weight is 329 g/mol. The summed E-state index contributed by atoms with van der Waals surface area (Å²) in [4.78, 5) is 23.1. The van der Waals surface area contributed by atoms with E-state index < -0.39 is 11.9 Å². The molecule has 0 spiro atoms. The van der Waals surface area contributed by atoms with E-state index in [0.29, 0.717) is 5.56 Å². The van der Waals surface area contributed by atoms with Crippen molar-refractivity contribution in [3.8, 4) is 11.5 Å². The quantitative estimate of drug-likeness (QED) is 0.646. The van der Waals surface area contributed by atoms with Crippen LogP contribution >= 0.6 is 0 Å².